The van der Waals surface area contributed by atoms with Crippen LogP contribution in [0.4, 0.5) is 5.69 Å². The number of halogens is 1. The van der Waals surface area contributed by atoms with Gasteiger partial charge in [-0.2, -0.15) is 4.31 Å². The molecule has 1 heterocycles. The average Bonchev–Trinajstić information content (AvgIpc) is 2.42. The Bertz CT molecular complexity index is 593. The third-order valence-electron chi connectivity index (χ3n) is 4.39. The van der Waals surface area contributed by atoms with Crippen LogP contribution < -0.4 is 5.73 Å². The van der Waals surface area contributed by atoms with E-state index in [1.54, 1.807) is 4.31 Å². The van der Waals surface area contributed by atoms with Gasteiger partial charge in [0.15, 0.2) is 0 Å². The first-order chi connectivity index (χ1) is 9.28. The van der Waals surface area contributed by atoms with Crippen LogP contribution in [0.5, 0.6) is 0 Å². The Morgan fingerprint density at radius 1 is 1.35 bits per heavy atom. The molecular weight excluding hydrogens is 296 g/mol. The van der Waals surface area contributed by atoms with Crippen molar-refractivity contribution in [3.05, 3.63) is 23.2 Å². The minimum Gasteiger partial charge on any atom is -0.398 e. The van der Waals surface area contributed by atoms with Crippen LogP contribution >= 0.6 is 11.6 Å². The maximum Gasteiger partial charge on any atom is 0.243 e. The van der Waals surface area contributed by atoms with Crippen molar-refractivity contribution in [2.45, 2.75) is 38.0 Å². The summed E-state index contributed by atoms with van der Waals surface area (Å²) >= 11 is 5.92. The van der Waals surface area contributed by atoms with Crippen LogP contribution in [-0.4, -0.2) is 25.8 Å². The van der Waals surface area contributed by atoms with Gasteiger partial charge < -0.3 is 5.73 Å². The Hall–Kier alpha value is -0.780. The molecule has 1 aromatic carbocycles. The number of sulfonamides is 1. The van der Waals surface area contributed by atoms with Gasteiger partial charge in [0, 0.05) is 13.1 Å². The first kappa shape index (κ1) is 15.6. The first-order valence-corrected chi connectivity index (χ1v) is 8.65. The zero-order valence-corrected chi connectivity index (χ0v) is 13.5. The molecule has 0 radical (unpaired) electrons. The second-order valence-corrected chi connectivity index (χ2v) is 8.10. The van der Waals surface area contributed by atoms with Gasteiger partial charge in [0.25, 0.3) is 0 Å². The molecule has 0 unspecified atom stereocenters. The molecule has 1 saturated heterocycles. The minimum absolute atomic E-state index is 0.219. The van der Waals surface area contributed by atoms with Crippen molar-refractivity contribution < 1.29 is 8.42 Å². The van der Waals surface area contributed by atoms with E-state index in [0.29, 0.717) is 18.8 Å². The second kappa shape index (κ2) is 5.54. The zero-order valence-electron chi connectivity index (χ0n) is 11.9. The normalized spacial score (nSPS) is 19.9. The van der Waals surface area contributed by atoms with E-state index in [2.05, 4.69) is 13.8 Å². The summed E-state index contributed by atoms with van der Waals surface area (Å²) in [5.74, 6) is 0. The molecule has 1 aliphatic rings. The number of nitrogen functional groups attached to an aromatic ring is 1. The van der Waals surface area contributed by atoms with Gasteiger partial charge in [-0.15, -0.1) is 0 Å². The third-order valence-corrected chi connectivity index (χ3v) is 6.61. The van der Waals surface area contributed by atoms with Crippen LogP contribution in [0.15, 0.2) is 23.1 Å². The van der Waals surface area contributed by atoms with Gasteiger partial charge in [-0.1, -0.05) is 31.9 Å². The zero-order chi connectivity index (χ0) is 15.0. The number of nitrogens with two attached hydrogens (primary N) is 1. The highest BCUT2D eigenvalue weighted by Gasteiger charge is 2.34. The van der Waals surface area contributed by atoms with Crippen molar-refractivity contribution >= 4 is 27.3 Å². The molecule has 6 heteroatoms. The van der Waals surface area contributed by atoms with Crippen molar-refractivity contribution in [1.82, 2.24) is 4.31 Å². The van der Waals surface area contributed by atoms with E-state index >= 15 is 0 Å². The molecule has 4 nitrogen and oxygen atoms in total. The van der Waals surface area contributed by atoms with E-state index in [1.165, 1.54) is 18.2 Å². The van der Waals surface area contributed by atoms with Gasteiger partial charge in [0.05, 0.1) is 15.6 Å². The molecule has 112 valence electrons. The summed E-state index contributed by atoms with van der Waals surface area (Å²) in [6.45, 7) is 5.50. The predicted octanol–water partition coefficient (Wildman–Crippen LogP) is 3.12. The van der Waals surface area contributed by atoms with Crippen molar-refractivity contribution in [2.24, 2.45) is 5.41 Å². The SMILES string of the molecule is CCC1(C)CCN(S(=O)(=O)c2ccc(N)c(Cl)c2)CC1. The van der Waals surface area contributed by atoms with Crippen LogP contribution in [0, 0.1) is 5.41 Å². The molecule has 2 rings (SSSR count). The first-order valence-electron chi connectivity index (χ1n) is 6.84. The highest BCUT2D eigenvalue weighted by molar-refractivity contribution is 7.89. The number of hydrogen-bond acceptors (Lipinski definition) is 3. The molecule has 0 atom stereocenters. The number of rotatable bonds is 3. The molecule has 1 fully saturated rings. The lowest BCUT2D eigenvalue weighted by Crippen LogP contribution is -2.41. The molecule has 0 spiro atoms. The van der Waals surface area contributed by atoms with Crippen molar-refractivity contribution in [3.63, 3.8) is 0 Å². The third kappa shape index (κ3) is 2.95. The quantitative estimate of drug-likeness (QED) is 0.871. The monoisotopic (exact) mass is 316 g/mol. The van der Waals surface area contributed by atoms with Crippen molar-refractivity contribution in [3.8, 4) is 0 Å². The molecule has 0 aliphatic carbocycles. The summed E-state index contributed by atoms with van der Waals surface area (Å²) in [5.41, 5.74) is 6.27. The molecule has 0 saturated carbocycles. The topological polar surface area (TPSA) is 63.4 Å². The van der Waals surface area contributed by atoms with E-state index in [9.17, 15) is 8.42 Å². The molecule has 0 amide bonds. The molecule has 1 aliphatic heterocycles. The highest BCUT2D eigenvalue weighted by Crippen LogP contribution is 2.36. The lowest BCUT2D eigenvalue weighted by atomic mass is 9.79. The number of anilines is 1. The largest absolute Gasteiger partial charge is 0.398 e. The summed E-state index contributed by atoms with van der Waals surface area (Å²) in [7, 11) is -3.47. The number of hydrogen-bond donors (Lipinski definition) is 1. The van der Waals surface area contributed by atoms with Gasteiger partial charge in [-0.05, 0) is 36.5 Å². The Morgan fingerprint density at radius 3 is 2.45 bits per heavy atom. The fraction of sp³-hybridized carbons (Fsp3) is 0.571. The number of piperidine rings is 1. The van der Waals surface area contributed by atoms with E-state index in [0.717, 1.165) is 19.3 Å². The van der Waals surface area contributed by atoms with Gasteiger partial charge >= 0.3 is 0 Å². The number of benzene rings is 1. The van der Waals surface area contributed by atoms with Gasteiger partial charge in [0.1, 0.15) is 0 Å². The van der Waals surface area contributed by atoms with E-state index in [-0.39, 0.29) is 15.3 Å². The summed E-state index contributed by atoms with van der Waals surface area (Å²) < 4.78 is 26.7. The van der Waals surface area contributed by atoms with Crippen LogP contribution in [0.3, 0.4) is 0 Å². The summed E-state index contributed by atoms with van der Waals surface area (Å²) in [5, 5.41) is 0.279. The van der Waals surface area contributed by atoms with Gasteiger partial charge in [0.2, 0.25) is 10.0 Å². The Morgan fingerprint density at radius 2 is 1.95 bits per heavy atom. The molecule has 20 heavy (non-hydrogen) atoms. The fourth-order valence-electron chi connectivity index (χ4n) is 2.44. The predicted molar refractivity (Wildman–Crippen MR) is 82.3 cm³/mol. The van der Waals surface area contributed by atoms with Crippen LogP contribution in [0.25, 0.3) is 0 Å². The Labute approximate surface area is 126 Å². The average molecular weight is 317 g/mol. The highest BCUT2D eigenvalue weighted by atomic mass is 35.5. The van der Waals surface area contributed by atoms with Crippen molar-refractivity contribution in [2.75, 3.05) is 18.8 Å². The lowest BCUT2D eigenvalue weighted by Gasteiger charge is -2.38. The molecule has 2 N–H and O–H groups in total. The van der Waals surface area contributed by atoms with E-state index in [4.69, 9.17) is 17.3 Å². The fourth-order valence-corrected chi connectivity index (χ4v) is 4.15. The lowest BCUT2D eigenvalue weighted by molar-refractivity contribution is 0.169. The minimum atomic E-state index is -3.47. The Balaban J connectivity index is 2.22. The van der Waals surface area contributed by atoms with E-state index < -0.39 is 10.0 Å². The molecule has 1 aromatic rings. The summed E-state index contributed by atoms with van der Waals surface area (Å²) in [6.07, 6.45) is 2.87. The maximum absolute atomic E-state index is 12.6. The number of nitrogens with zero attached hydrogens (tertiary/aromatic N) is 1. The van der Waals surface area contributed by atoms with Crippen LogP contribution in [0.1, 0.15) is 33.1 Å². The second-order valence-electron chi connectivity index (χ2n) is 5.75. The van der Waals surface area contributed by atoms with Crippen LogP contribution in [-0.2, 0) is 10.0 Å². The van der Waals surface area contributed by atoms with E-state index in [1.807, 2.05) is 0 Å². The maximum atomic E-state index is 12.6. The van der Waals surface area contributed by atoms with Gasteiger partial charge in [-0.3, -0.25) is 0 Å². The standard InChI is InChI=1S/C14H21ClN2O2S/c1-3-14(2)6-8-17(9-7-14)20(18,19)11-4-5-13(16)12(15)10-11/h4-5,10H,3,6-9,16H2,1-2H3. The summed E-state index contributed by atoms with van der Waals surface area (Å²) in [4.78, 5) is 0.219. The molecular formula is C14H21ClN2O2S. The summed E-state index contributed by atoms with van der Waals surface area (Å²) in [6, 6.07) is 4.49. The molecule has 0 bridgehead atoms. The van der Waals surface area contributed by atoms with Crippen molar-refractivity contribution in [1.29, 1.82) is 0 Å². The smallest absolute Gasteiger partial charge is 0.243 e. The van der Waals surface area contributed by atoms with Crippen LogP contribution in [0.2, 0.25) is 5.02 Å². The Kier molecular flexibility index (Phi) is 4.33. The van der Waals surface area contributed by atoms with Gasteiger partial charge in [-0.25, -0.2) is 8.42 Å². The molecule has 0 aromatic heterocycles.